The first-order valence-electron chi connectivity index (χ1n) is 5.47. The van der Waals surface area contributed by atoms with Crippen LogP contribution in [-0.4, -0.2) is 29.1 Å². The van der Waals surface area contributed by atoms with Gasteiger partial charge in [-0.25, -0.2) is 4.98 Å². The van der Waals surface area contributed by atoms with Crippen molar-refractivity contribution in [1.29, 1.82) is 0 Å². The van der Waals surface area contributed by atoms with Crippen LogP contribution in [0.5, 0.6) is 0 Å². The molecule has 0 aromatic carbocycles. The normalized spacial score (nSPS) is 21.8. The van der Waals surface area contributed by atoms with Crippen molar-refractivity contribution in [2.75, 3.05) is 18.0 Å². The van der Waals surface area contributed by atoms with Crippen molar-refractivity contribution in [3.63, 3.8) is 0 Å². The average molecular weight is 206 g/mol. The Morgan fingerprint density at radius 1 is 1.47 bits per heavy atom. The number of aryl methyl sites for hydroxylation is 2. The Morgan fingerprint density at radius 3 is 3.00 bits per heavy atom. The van der Waals surface area contributed by atoms with E-state index >= 15 is 0 Å². The number of rotatable bonds is 1. The molecule has 4 heteroatoms. The van der Waals surface area contributed by atoms with Gasteiger partial charge >= 0.3 is 0 Å². The van der Waals surface area contributed by atoms with Gasteiger partial charge in [0.25, 0.3) is 0 Å². The zero-order valence-corrected chi connectivity index (χ0v) is 9.40. The van der Waals surface area contributed by atoms with Gasteiger partial charge < -0.3 is 10.6 Å². The molecule has 0 radical (unpaired) electrons. The van der Waals surface area contributed by atoms with Gasteiger partial charge in [-0.15, -0.1) is 0 Å². The van der Waals surface area contributed by atoms with Gasteiger partial charge in [-0.3, -0.25) is 4.98 Å². The number of anilines is 1. The number of hydrogen-bond acceptors (Lipinski definition) is 4. The standard InChI is InChI=1S/C11H18N4/c1-8-6-13-9(2)11(14-8)15-5-3-4-10(12)7-15/h6,10H,3-5,7,12H2,1-2H3/t10-/m1/s1. The van der Waals surface area contributed by atoms with Crippen LogP contribution in [0.4, 0.5) is 5.82 Å². The van der Waals surface area contributed by atoms with E-state index in [1.165, 1.54) is 0 Å². The Hall–Kier alpha value is -1.16. The van der Waals surface area contributed by atoms with E-state index in [-0.39, 0.29) is 6.04 Å². The molecule has 1 atom stereocenters. The predicted octanol–water partition coefficient (Wildman–Crippen LogP) is 1.02. The lowest BCUT2D eigenvalue weighted by Gasteiger charge is -2.32. The van der Waals surface area contributed by atoms with Gasteiger partial charge in [-0.1, -0.05) is 0 Å². The van der Waals surface area contributed by atoms with E-state index in [9.17, 15) is 0 Å². The Kier molecular flexibility index (Phi) is 2.86. The second kappa shape index (κ2) is 4.14. The van der Waals surface area contributed by atoms with E-state index in [2.05, 4.69) is 14.9 Å². The number of nitrogens with zero attached hydrogens (tertiary/aromatic N) is 3. The number of hydrogen-bond donors (Lipinski definition) is 1. The number of nitrogens with two attached hydrogens (primary N) is 1. The van der Waals surface area contributed by atoms with Gasteiger partial charge in [0.2, 0.25) is 0 Å². The van der Waals surface area contributed by atoms with E-state index in [1.807, 2.05) is 20.0 Å². The van der Waals surface area contributed by atoms with E-state index in [0.29, 0.717) is 0 Å². The van der Waals surface area contributed by atoms with Crippen molar-refractivity contribution in [3.8, 4) is 0 Å². The molecule has 2 rings (SSSR count). The first-order chi connectivity index (χ1) is 7.16. The summed E-state index contributed by atoms with van der Waals surface area (Å²) in [4.78, 5) is 11.1. The highest BCUT2D eigenvalue weighted by Crippen LogP contribution is 2.19. The largest absolute Gasteiger partial charge is 0.354 e. The lowest BCUT2D eigenvalue weighted by Crippen LogP contribution is -2.43. The van der Waals surface area contributed by atoms with Gasteiger partial charge in [-0.2, -0.15) is 0 Å². The Bertz CT molecular complexity index is 350. The zero-order chi connectivity index (χ0) is 10.8. The summed E-state index contributed by atoms with van der Waals surface area (Å²) in [6.07, 6.45) is 4.08. The van der Waals surface area contributed by atoms with Crippen LogP contribution in [0.25, 0.3) is 0 Å². The van der Waals surface area contributed by atoms with E-state index in [0.717, 1.165) is 43.1 Å². The monoisotopic (exact) mass is 206 g/mol. The molecule has 15 heavy (non-hydrogen) atoms. The predicted molar refractivity (Wildman–Crippen MR) is 60.9 cm³/mol. The SMILES string of the molecule is Cc1cnc(C)c(N2CCC[C@@H](N)C2)n1. The van der Waals surface area contributed by atoms with E-state index in [4.69, 9.17) is 5.73 Å². The maximum atomic E-state index is 5.96. The average Bonchev–Trinajstić information content (AvgIpc) is 2.22. The Balaban J connectivity index is 2.24. The highest BCUT2D eigenvalue weighted by molar-refractivity contribution is 5.43. The van der Waals surface area contributed by atoms with Crippen molar-refractivity contribution in [3.05, 3.63) is 17.6 Å². The molecule has 2 N–H and O–H groups in total. The van der Waals surface area contributed by atoms with E-state index < -0.39 is 0 Å². The minimum atomic E-state index is 0.278. The molecule has 0 spiro atoms. The quantitative estimate of drug-likeness (QED) is 0.745. The summed E-state index contributed by atoms with van der Waals surface area (Å²) < 4.78 is 0. The van der Waals surface area contributed by atoms with Crippen LogP contribution >= 0.6 is 0 Å². The summed E-state index contributed by atoms with van der Waals surface area (Å²) in [5, 5.41) is 0. The molecule has 0 bridgehead atoms. The summed E-state index contributed by atoms with van der Waals surface area (Å²) in [5.74, 6) is 1.00. The molecule has 1 saturated heterocycles. The lowest BCUT2D eigenvalue weighted by atomic mass is 10.1. The first kappa shape index (κ1) is 10.4. The zero-order valence-electron chi connectivity index (χ0n) is 9.40. The number of aromatic nitrogens is 2. The van der Waals surface area contributed by atoms with Crippen molar-refractivity contribution in [2.45, 2.75) is 32.7 Å². The van der Waals surface area contributed by atoms with Gasteiger partial charge in [-0.05, 0) is 26.7 Å². The fraction of sp³-hybridized carbons (Fsp3) is 0.636. The Morgan fingerprint density at radius 2 is 2.27 bits per heavy atom. The topological polar surface area (TPSA) is 55.0 Å². The van der Waals surface area contributed by atoms with Gasteiger partial charge in [0, 0.05) is 25.3 Å². The molecule has 82 valence electrons. The highest BCUT2D eigenvalue weighted by atomic mass is 15.2. The fourth-order valence-electron chi connectivity index (χ4n) is 2.03. The number of piperidine rings is 1. The maximum Gasteiger partial charge on any atom is 0.150 e. The molecular formula is C11H18N4. The molecule has 0 aliphatic carbocycles. The van der Waals surface area contributed by atoms with Crippen molar-refractivity contribution >= 4 is 5.82 Å². The van der Waals surface area contributed by atoms with Crippen molar-refractivity contribution < 1.29 is 0 Å². The van der Waals surface area contributed by atoms with Crippen LogP contribution in [0.15, 0.2) is 6.20 Å². The van der Waals surface area contributed by atoms with Gasteiger partial charge in [0.1, 0.15) is 5.82 Å². The van der Waals surface area contributed by atoms with Crippen LogP contribution in [0.2, 0.25) is 0 Å². The molecule has 4 nitrogen and oxygen atoms in total. The van der Waals surface area contributed by atoms with Gasteiger partial charge in [0.15, 0.2) is 0 Å². The molecule has 0 amide bonds. The summed E-state index contributed by atoms with van der Waals surface area (Å²) >= 11 is 0. The second-order valence-corrected chi connectivity index (χ2v) is 4.27. The fourth-order valence-corrected chi connectivity index (χ4v) is 2.03. The molecule has 1 fully saturated rings. The lowest BCUT2D eigenvalue weighted by molar-refractivity contribution is 0.501. The molecule has 2 heterocycles. The molecule has 1 aliphatic heterocycles. The van der Waals surface area contributed by atoms with Crippen LogP contribution in [0.1, 0.15) is 24.2 Å². The van der Waals surface area contributed by atoms with Crippen molar-refractivity contribution in [2.24, 2.45) is 5.73 Å². The smallest absolute Gasteiger partial charge is 0.150 e. The first-order valence-corrected chi connectivity index (χ1v) is 5.47. The summed E-state index contributed by atoms with van der Waals surface area (Å²) in [5.41, 5.74) is 7.92. The molecule has 0 saturated carbocycles. The third-order valence-electron chi connectivity index (χ3n) is 2.81. The van der Waals surface area contributed by atoms with Crippen molar-refractivity contribution in [1.82, 2.24) is 9.97 Å². The summed E-state index contributed by atoms with van der Waals surface area (Å²) in [6.45, 7) is 5.92. The third kappa shape index (κ3) is 2.26. The van der Waals surface area contributed by atoms with E-state index in [1.54, 1.807) is 0 Å². The van der Waals surface area contributed by atoms with Crippen LogP contribution < -0.4 is 10.6 Å². The third-order valence-corrected chi connectivity index (χ3v) is 2.81. The summed E-state index contributed by atoms with van der Waals surface area (Å²) in [6, 6.07) is 0.278. The molecule has 1 aromatic heterocycles. The Labute approximate surface area is 90.5 Å². The molecular weight excluding hydrogens is 188 g/mol. The molecule has 1 aromatic rings. The minimum Gasteiger partial charge on any atom is -0.354 e. The summed E-state index contributed by atoms with van der Waals surface area (Å²) in [7, 11) is 0. The van der Waals surface area contributed by atoms with Crippen LogP contribution in [0.3, 0.4) is 0 Å². The molecule has 1 aliphatic rings. The second-order valence-electron chi connectivity index (χ2n) is 4.27. The minimum absolute atomic E-state index is 0.278. The molecule has 0 unspecified atom stereocenters. The highest BCUT2D eigenvalue weighted by Gasteiger charge is 2.19. The van der Waals surface area contributed by atoms with Crippen LogP contribution in [-0.2, 0) is 0 Å². The van der Waals surface area contributed by atoms with Crippen LogP contribution in [0, 0.1) is 13.8 Å². The maximum absolute atomic E-state index is 5.96. The van der Waals surface area contributed by atoms with Gasteiger partial charge in [0.05, 0.1) is 11.4 Å².